The monoisotopic (exact) mass is 283 g/mol. The molecule has 0 saturated heterocycles. The molecule has 0 saturated carbocycles. The molecule has 0 atom stereocenters. The molecule has 0 heterocycles. The van der Waals surface area contributed by atoms with Crippen molar-refractivity contribution in [2.75, 3.05) is 6.54 Å². The number of carbonyl (C=O) groups is 1. The molecule has 1 rings (SSSR count). The molecule has 0 amide bonds. The number of benzene rings is 1. The Morgan fingerprint density at radius 2 is 2.00 bits per heavy atom. The second-order valence-corrected chi connectivity index (χ2v) is 6.65. The molecule has 1 aromatic rings. The molecule has 0 radical (unpaired) electrons. The van der Waals surface area contributed by atoms with Gasteiger partial charge in [-0.2, -0.15) is 0 Å². The maximum atomic E-state index is 12.1. The van der Waals surface area contributed by atoms with Crippen molar-refractivity contribution < 1.29 is 13.2 Å². The van der Waals surface area contributed by atoms with Crippen molar-refractivity contribution in [2.24, 2.45) is 5.92 Å². The first-order valence-corrected chi connectivity index (χ1v) is 7.98. The Morgan fingerprint density at radius 1 is 1.32 bits per heavy atom. The summed E-state index contributed by atoms with van der Waals surface area (Å²) in [5.74, 6) is 0.384. The van der Waals surface area contributed by atoms with Crippen molar-refractivity contribution in [3.05, 3.63) is 29.8 Å². The molecule has 0 spiro atoms. The van der Waals surface area contributed by atoms with Crippen LogP contribution in [-0.2, 0) is 10.0 Å². The smallest absolute Gasteiger partial charge is 0.240 e. The summed E-state index contributed by atoms with van der Waals surface area (Å²) in [5, 5.41) is 0. The zero-order chi connectivity index (χ0) is 14.5. The van der Waals surface area contributed by atoms with Gasteiger partial charge >= 0.3 is 0 Å². The lowest BCUT2D eigenvalue weighted by atomic mass is 10.1. The van der Waals surface area contributed by atoms with Gasteiger partial charge in [0.1, 0.15) is 0 Å². The van der Waals surface area contributed by atoms with Crippen LogP contribution in [0.3, 0.4) is 0 Å². The number of hydrogen-bond acceptors (Lipinski definition) is 3. The van der Waals surface area contributed by atoms with Gasteiger partial charge in [0.25, 0.3) is 0 Å². The highest BCUT2D eigenvalue weighted by molar-refractivity contribution is 7.89. The van der Waals surface area contributed by atoms with Gasteiger partial charge in [0.05, 0.1) is 4.90 Å². The van der Waals surface area contributed by atoms with Crippen molar-refractivity contribution in [3.8, 4) is 0 Å². The predicted molar refractivity (Wildman–Crippen MR) is 75.7 cm³/mol. The Morgan fingerprint density at radius 3 is 2.58 bits per heavy atom. The van der Waals surface area contributed by atoms with Crippen LogP contribution < -0.4 is 4.72 Å². The van der Waals surface area contributed by atoms with Gasteiger partial charge in [-0.05, 0) is 24.5 Å². The molecule has 0 aromatic heterocycles. The highest BCUT2D eigenvalue weighted by Crippen LogP contribution is 2.13. The zero-order valence-electron chi connectivity index (χ0n) is 11.6. The number of carbonyl (C=O) groups excluding carboxylic acids is 1. The van der Waals surface area contributed by atoms with Crippen molar-refractivity contribution in [3.63, 3.8) is 0 Å². The van der Waals surface area contributed by atoms with E-state index in [9.17, 15) is 13.2 Å². The summed E-state index contributed by atoms with van der Waals surface area (Å²) in [4.78, 5) is 11.7. The highest BCUT2D eigenvalue weighted by atomic mass is 32.2. The molecule has 19 heavy (non-hydrogen) atoms. The van der Waals surface area contributed by atoms with E-state index in [0.717, 1.165) is 6.42 Å². The normalized spacial score (nSPS) is 11.8. The van der Waals surface area contributed by atoms with Crippen LogP contribution >= 0.6 is 0 Å². The topological polar surface area (TPSA) is 63.2 Å². The molecule has 0 aliphatic carbocycles. The van der Waals surface area contributed by atoms with Crippen molar-refractivity contribution in [2.45, 2.75) is 38.5 Å². The molecule has 1 N–H and O–H groups in total. The van der Waals surface area contributed by atoms with Crippen LogP contribution in [-0.4, -0.2) is 20.7 Å². The molecule has 4 nitrogen and oxygen atoms in total. The van der Waals surface area contributed by atoms with Gasteiger partial charge in [-0.15, -0.1) is 0 Å². The number of ketones is 1. The minimum atomic E-state index is -3.52. The van der Waals surface area contributed by atoms with E-state index in [4.69, 9.17) is 0 Å². The maximum absolute atomic E-state index is 12.1. The molecule has 0 unspecified atom stereocenters. The van der Waals surface area contributed by atoms with Gasteiger partial charge in [-0.1, -0.05) is 32.9 Å². The quantitative estimate of drug-likeness (QED) is 0.782. The predicted octanol–water partition coefficient (Wildman–Crippen LogP) is 2.60. The summed E-state index contributed by atoms with van der Waals surface area (Å²) in [7, 11) is -3.52. The maximum Gasteiger partial charge on any atom is 0.240 e. The van der Waals surface area contributed by atoms with Gasteiger partial charge in [0.15, 0.2) is 5.78 Å². The van der Waals surface area contributed by atoms with Crippen molar-refractivity contribution in [1.82, 2.24) is 4.72 Å². The van der Waals surface area contributed by atoms with E-state index in [1.54, 1.807) is 19.1 Å². The van der Waals surface area contributed by atoms with E-state index in [1.165, 1.54) is 12.1 Å². The molecule has 0 bridgehead atoms. The van der Waals surface area contributed by atoms with E-state index in [1.807, 2.05) is 13.8 Å². The van der Waals surface area contributed by atoms with Crippen LogP contribution in [0.4, 0.5) is 0 Å². The minimum Gasteiger partial charge on any atom is -0.294 e. The first-order chi connectivity index (χ1) is 8.86. The zero-order valence-corrected chi connectivity index (χ0v) is 12.5. The molecule has 0 aliphatic rings. The summed E-state index contributed by atoms with van der Waals surface area (Å²) in [6.45, 7) is 6.24. The van der Waals surface area contributed by atoms with Crippen LogP contribution in [0, 0.1) is 5.92 Å². The van der Waals surface area contributed by atoms with Crippen LogP contribution in [0.25, 0.3) is 0 Å². The van der Waals surface area contributed by atoms with Crippen LogP contribution in [0.15, 0.2) is 29.2 Å². The molecule has 5 heteroatoms. The number of Topliss-reactive ketones (excluding diaryl/α,β-unsaturated/α-hetero) is 1. The first kappa shape index (κ1) is 15.9. The molecular formula is C14H21NO3S. The Balaban J connectivity index is 2.86. The lowest BCUT2D eigenvalue weighted by Gasteiger charge is -2.09. The average Bonchev–Trinajstić information content (AvgIpc) is 2.37. The first-order valence-electron chi connectivity index (χ1n) is 6.49. The number of nitrogens with one attached hydrogen (secondary N) is 1. The highest BCUT2D eigenvalue weighted by Gasteiger charge is 2.15. The van der Waals surface area contributed by atoms with Crippen LogP contribution in [0.1, 0.15) is 44.0 Å². The Bertz CT molecular complexity index is 535. The second kappa shape index (κ2) is 6.82. The SMILES string of the molecule is CCC(=O)c1cccc(S(=O)(=O)NCCC(C)C)c1. The summed E-state index contributed by atoms with van der Waals surface area (Å²) in [6.07, 6.45) is 1.15. The number of sulfonamides is 1. The van der Waals surface area contributed by atoms with E-state index < -0.39 is 10.0 Å². The fraction of sp³-hybridized carbons (Fsp3) is 0.500. The summed E-state index contributed by atoms with van der Waals surface area (Å²) >= 11 is 0. The fourth-order valence-electron chi connectivity index (χ4n) is 1.61. The number of hydrogen-bond donors (Lipinski definition) is 1. The Kier molecular flexibility index (Phi) is 5.69. The van der Waals surface area contributed by atoms with Gasteiger partial charge in [-0.25, -0.2) is 13.1 Å². The number of rotatable bonds is 7. The van der Waals surface area contributed by atoms with Crippen LogP contribution in [0.5, 0.6) is 0 Å². The Labute approximate surface area is 115 Å². The average molecular weight is 283 g/mol. The summed E-state index contributed by atoms with van der Waals surface area (Å²) < 4.78 is 26.7. The van der Waals surface area contributed by atoms with E-state index >= 15 is 0 Å². The lowest BCUT2D eigenvalue weighted by Crippen LogP contribution is -2.25. The molecule has 106 valence electrons. The van der Waals surface area contributed by atoms with Crippen molar-refractivity contribution in [1.29, 1.82) is 0 Å². The minimum absolute atomic E-state index is 0.0563. The third-order valence-electron chi connectivity index (χ3n) is 2.80. The third kappa shape index (κ3) is 4.76. The molecule has 0 aliphatic heterocycles. The van der Waals surface area contributed by atoms with E-state index in [2.05, 4.69) is 4.72 Å². The van der Waals surface area contributed by atoms with E-state index in [0.29, 0.717) is 24.4 Å². The van der Waals surface area contributed by atoms with Crippen LogP contribution in [0.2, 0.25) is 0 Å². The molecular weight excluding hydrogens is 262 g/mol. The standard InChI is InChI=1S/C14H21NO3S/c1-4-14(16)12-6-5-7-13(10-12)19(17,18)15-9-8-11(2)3/h5-7,10-11,15H,4,8-9H2,1-3H3. The second-order valence-electron chi connectivity index (χ2n) is 4.88. The summed E-state index contributed by atoms with van der Waals surface area (Å²) in [6, 6.07) is 6.17. The molecule has 1 aromatic carbocycles. The van der Waals surface area contributed by atoms with Crippen molar-refractivity contribution >= 4 is 15.8 Å². The largest absolute Gasteiger partial charge is 0.294 e. The third-order valence-corrected chi connectivity index (χ3v) is 4.26. The Hall–Kier alpha value is -1.20. The van der Waals surface area contributed by atoms with Gasteiger partial charge in [0.2, 0.25) is 10.0 Å². The van der Waals surface area contributed by atoms with Gasteiger partial charge in [0, 0.05) is 18.5 Å². The fourth-order valence-corrected chi connectivity index (χ4v) is 2.70. The summed E-state index contributed by atoms with van der Waals surface area (Å²) in [5.41, 5.74) is 0.439. The van der Waals surface area contributed by atoms with Gasteiger partial charge < -0.3 is 0 Å². The van der Waals surface area contributed by atoms with E-state index in [-0.39, 0.29) is 10.7 Å². The molecule has 0 fully saturated rings. The lowest BCUT2D eigenvalue weighted by molar-refractivity contribution is 0.0988. The van der Waals surface area contributed by atoms with Gasteiger partial charge in [-0.3, -0.25) is 4.79 Å².